The van der Waals surface area contributed by atoms with Gasteiger partial charge in [0.25, 0.3) is 0 Å². The summed E-state index contributed by atoms with van der Waals surface area (Å²) in [5.74, 6) is 0.648. The van der Waals surface area contributed by atoms with Gasteiger partial charge in [-0.1, -0.05) is 157 Å². The molecule has 2 heteroatoms. The molecule has 1 heterocycles. The SMILES string of the molecule is [2H]c1c([2H])c([2H])c(-c2ccc(-c3c4c([2H])c([2H])c([2H])c([2H])c4c(-c4ccc(-c5nc6ccccc6n5-c5ccccc5)cc4)c4c([2H])c([2H])c([2H])c([2H])c34)cc2)c([2H])c1[2H]. The molecule has 0 fully saturated rings. The third-order valence-corrected chi connectivity index (χ3v) is 8.34. The Hall–Kier alpha value is -6.25. The summed E-state index contributed by atoms with van der Waals surface area (Å²) in [4.78, 5) is 4.96. The molecular formula is C45H30N2. The van der Waals surface area contributed by atoms with E-state index in [1.54, 1.807) is 24.3 Å². The number of fused-ring (bicyclic) bond motifs is 3. The summed E-state index contributed by atoms with van der Waals surface area (Å²) < 4.78 is 116. The first-order valence-electron chi connectivity index (χ1n) is 21.5. The number of aromatic nitrogens is 2. The second-order valence-electron chi connectivity index (χ2n) is 11.0. The molecule has 0 N–H and O–H groups in total. The van der Waals surface area contributed by atoms with Crippen LogP contribution in [0.25, 0.3) is 83.0 Å². The van der Waals surface area contributed by atoms with Gasteiger partial charge in [-0.3, -0.25) is 4.57 Å². The first kappa shape index (κ1) is 16.9. The van der Waals surface area contributed by atoms with Gasteiger partial charge in [-0.2, -0.15) is 0 Å². The summed E-state index contributed by atoms with van der Waals surface area (Å²) in [5.41, 5.74) is 4.62. The number of nitrogens with zero attached hydrogens (tertiary/aromatic N) is 2. The molecule has 0 amide bonds. The topological polar surface area (TPSA) is 17.8 Å². The van der Waals surface area contributed by atoms with Crippen LogP contribution in [0.1, 0.15) is 17.8 Å². The highest BCUT2D eigenvalue weighted by Gasteiger charge is 2.18. The maximum absolute atomic E-state index is 9.29. The molecule has 0 saturated carbocycles. The van der Waals surface area contributed by atoms with E-state index in [0.29, 0.717) is 17.0 Å². The number of para-hydroxylation sites is 3. The van der Waals surface area contributed by atoms with Crippen molar-refractivity contribution >= 4 is 32.6 Å². The fourth-order valence-electron chi connectivity index (χ4n) is 6.24. The average Bonchev–Trinajstić information content (AvgIpc) is 3.67. The van der Waals surface area contributed by atoms with Crippen LogP contribution in [0.5, 0.6) is 0 Å². The lowest BCUT2D eigenvalue weighted by Gasteiger charge is -2.18. The third-order valence-electron chi connectivity index (χ3n) is 8.34. The molecule has 0 bridgehead atoms. The molecule has 47 heavy (non-hydrogen) atoms. The van der Waals surface area contributed by atoms with Crippen molar-refractivity contribution in [1.29, 1.82) is 0 Å². The van der Waals surface area contributed by atoms with E-state index in [0.717, 1.165) is 22.3 Å². The van der Waals surface area contributed by atoms with E-state index in [9.17, 15) is 5.48 Å². The van der Waals surface area contributed by atoms with Gasteiger partial charge in [-0.15, -0.1) is 0 Å². The lowest BCUT2D eigenvalue weighted by Crippen LogP contribution is -1.97. The Morgan fingerprint density at radius 2 is 0.872 bits per heavy atom. The number of hydrogen-bond acceptors (Lipinski definition) is 1. The Kier molecular flexibility index (Phi) is 4.05. The highest BCUT2D eigenvalue weighted by Crippen LogP contribution is 2.44. The first-order valence-corrected chi connectivity index (χ1v) is 15.0. The van der Waals surface area contributed by atoms with Crippen LogP contribution in [-0.4, -0.2) is 9.55 Å². The van der Waals surface area contributed by atoms with E-state index in [1.807, 2.05) is 71.3 Å². The lowest BCUT2D eigenvalue weighted by molar-refractivity contribution is 1.10. The second kappa shape index (κ2) is 11.3. The Morgan fingerprint density at radius 3 is 1.45 bits per heavy atom. The minimum Gasteiger partial charge on any atom is -0.292 e. The molecule has 1 aromatic heterocycles. The first-order chi connectivity index (χ1) is 28.7. The highest BCUT2D eigenvalue weighted by molar-refractivity contribution is 6.21. The van der Waals surface area contributed by atoms with E-state index in [-0.39, 0.29) is 43.8 Å². The van der Waals surface area contributed by atoms with Crippen molar-refractivity contribution in [1.82, 2.24) is 9.55 Å². The third kappa shape index (κ3) is 4.62. The standard InChI is InChI=1S/C45H30N2/c1-3-13-31(14-4-1)32-23-25-33(26-24-32)43-37-17-7-9-19-39(37)44(40-20-10-8-18-38(40)43)34-27-29-35(30-28-34)45-46-41-21-11-12-22-42(41)47(45)36-15-5-2-6-16-36/h1-30H/i1D,3D,4D,7D,8D,9D,10D,13D,14D,17D,18D,19D,20D. The van der Waals surface area contributed by atoms with Crippen molar-refractivity contribution in [2.75, 3.05) is 0 Å². The van der Waals surface area contributed by atoms with Crippen LogP contribution in [0, 0.1) is 0 Å². The Bertz CT molecular complexity index is 3160. The summed E-state index contributed by atoms with van der Waals surface area (Å²) in [6, 6.07) is 24.8. The molecular weight excluding hydrogens is 569 g/mol. The predicted octanol–water partition coefficient (Wildman–Crippen LogP) is 12.0. The minimum atomic E-state index is -0.536. The largest absolute Gasteiger partial charge is 0.292 e. The van der Waals surface area contributed by atoms with E-state index in [2.05, 4.69) is 0 Å². The van der Waals surface area contributed by atoms with Crippen LogP contribution < -0.4 is 0 Å². The normalized spacial score (nSPS) is 15.3. The van der Waals surface area contributed by atoms with E-state index >= 15 is 0 Å². The van der Waals surface area contributed by atoms with E-state index < -0.39 is 78.6 Å². The summed E-state index contributed by atoms with van der Waals surface area (Å²) >= 11 is 0. The van der Waals surface area contributed by atoms with Crippen LogP contribution in [0.3, 0.4) is 0 Å². The summed E-state index contributed by atoms with van der Waals surface area (Å²) in [6.07, 6.45) is 0. The van der Waals surface area contributed by atoms with Crippen molar-refractivity contribution < 1.29 is 17.8 Å². The van der Waals surface area contributed by atoms with Crippen LogP contribution in [0.15, 0.2) is 182 Å². The molecule has 0 unspecified atom stereocenters. The summed E-state index contributed by atoms with van der Waals surface area (Å²) in [6.45, 7) is 0. The van der Waals surface area contributed by atoms with Gasteiger partial charge in [0, 0.05) is 11.3 Å². The molecule has 8 aromatic carbocycles. The van der Waals surface area contributed by atoms with Gasteiger partial charge in [0.15, 0.2) is 0 Å². The quantitative estimate of drug-likeness (QED) is 0.177. The lowest BCUT2D eigenvalue weighted by atomic mass is 9.85. The molecule has 2 nitrogen and oxygen atoms in total. The maximum Gasteiger partial charge on any atom is 0.145 e. The number of hydrogen-bond donors (Lipinski definition) is 0. The average molecular weight is 612 g/mol. The van der Waals surface area contributed by atoms with Crippen LogP contribution in [-0.2, 0) is 0 Å². The second-order valence-corrected chi connectivity index (χ2v) is 11.0. The number of rotatable bonds is 5. The van der Waals surface area contributed by atoms with Gasteiger partial charge < -0.3 is 0 Å². The molecule has 9 rings (SSSR count). The van der Waals surface area contributed by atoms with Gasteiger partial charge in [-0.25, -0.2) is 4.98 Å². The van der Waals surface area contributed by atoms with Gasteiger partial charge in [0.1, 0.15) is 5.82 Å². The molecule has 0 aliphatic carbocycles. The van der Waals surface area contributed by atoms with E-state index in [4.69, 9.17) is 17.3 Å². The number of imidazole rings is 1. The van der Waals surface area contributed by atoms with Gasteiger partial charge in [-0.05, 0) is 79.2 Å². The van der Waals surface area contributed by atoms with Crippen LogP contribution in [0.2, 0.25) is 0 Å². The zero-order chi connectivity index (χ0) is 42.5. The Balaban J connectivity index is 1.34. The molecule has 0 aliphatic heterocycles. The molecule has 0 radical (unpaired) electrons. The molecule has 9 aromatic rings. The Morgan fingerprint density at radius 1 is 0.404 bits per heavy atom. The minimum absolute atomic E-state index is 0.0269. The van der Waals surface area contributed by atoms with Crippen molar-refractivity contribution in [3.63, 3.8) is 0 Å². The van der Waals surface area contributed by atoms with Crippen LogP contribution in [0.4, 0.5) is 0 Å². The van der Waals surface area contributed by atoms with Crippen molar-refractivity contribution in [2.24, 2.45) is 0 Å². The predicted molar refractivity (Wildman–Crippen MR) is 198 cm³/mol. The van der Waals surface area contributed by atoms with Crippen molar-refractivity contribution in [3.8, 4) is 50.5 Å². The molecule has 0 saturated heterocycles. The molecule has 0 atom stereocenters. The van der Waals surface area contributed by atoms with Crippen molar-refractivity contribution in [3.05, 3.63) is 182 Å². The number of benzene rings is 8. The van der Waals surface area contributed by atoms with Gasteiger partial charge >= 0.3 is 0 Å². The zero-order valence-electron chi connectivity index (χ0n) is 37.7. The fourth-order valence-corrected chi connectivity index (χ4v) is 6.24. The summed E-state index contributed by atoms with van der Waals surface area (Å²) in [5, 5.41) is 0.151. The van der Waals surface area contributed by atoms with Gasteiger partial charge in [0.05, 0.1) is 28.9 Å². The molecule has 220 valence electrons. The Labute approximate surface area is 292 Å². The fraction of sp³-hybridized carbons (Fsp3) is 0. The maximum atomic E-state index is 9.29. The van der Waals surface area contributed by atoms with Crippen molar-refractivity contribution in [2.45, 2.75) is 0 Å². The summed E-state index contributed by atoms with van der Waals surface area (Å²) in [7, 11) is 0. The smallest absolute Gasteiger partial charge is 0.145 e. The van der Waals surface area contributed by atoms with E-state index in [1.165, 1.54) is 12.1 Å². The zero-order valence-corrected chi connectivity index (χ0v) is 24.7. The molecule has 0 spiro atoms. The van der Waals surface area contributed by atoms with Gasteiger partial charge in [0.2, 0.25) is 0 Å². The highest BCUT2D eigenvalue weighted by atomic mass is 15.1. The van der Waals surface area contributed by atoms with Crippen LogP contribution >= 0.6 is 0 Å². The molecule has 0 aliphatic rings. The monoisotopic (exact) mass is 611 g/mol.